The second kappa shape index (κ2) is 8.76. The van der Waals surface area contributed by atoms with Crippen LogP contribution in [0.4, 0.5) is 5.69 Å². The Kier molecular flexibility index (Phi) is 5.91. The maximum atomic E-state index is 12.6. The molecule has 1 aliphatic rings. The number of nitrogens with one attached hydrogen (secondary N) is 1. The van der Waals surface area contributed by atoms with Gasteiger partial charge in [0.15, 0.2) is 0 Å². The van der Waals surface area contributed by atoms with Gasteiger partial charge < -0.3 is 10.4 Å². The molecule has 0 aliphatic carbocycles. The van der Waals surface area contributed by atoms with E-state index in [0.29, 0.717) is 29.3 Å². The molecule has 1 amide bonds. The summed E-state index contributed by atoms with van der Waals surface area (Å²) >= 11 is 1.62. The van der Waals surface area contributed by atoms with Gasteiger partial charge in [0, 0.05) is 33.0 Å². The molecular formula is C25H24N2O2S. The lowest BCUT2D eigenvalue weighted by molar-refractivity contribution is 0.0952. The molecule has 4 rings (SSSR count). The van der Waals surface area contributed by atoms with Crippen LogP contribution >= 0.6 is 11.8 Å². The molecule has 0 unspecified atom stereocenters. The van der Waals surface area contributed by atoms with E-state index in [2.05, 4.69) is 25.2 Å². The van der Waals surface area contributed by atoms with Crippen molar-refractivity contribution < 1.29 is 9.90 Å². The molecule has 0 fully saturated rings. The van der Waals surface area contributed by atoms with Crippen molar-refractivity contribution in [3.63, 3.8) is 0 Å². The first-order chi connectivity index (χ1) is 14.5. The van der Waals surface area contributed by atoms with E-state index in [0.717, 1.165) is 27.5 Å². The van der Waals surface area contributed by atoms with Crippen molar-refractivity contribution in [2.24, 2.45) is 10.9 Å². The summed E-state index contributed by atoms with van der Waals surface area (Å²) in [6.07, 6.45) is 0.942. The lowest BCUT2D eigenvalue weighted by Gasteiger charge is -2.10. The fraction of sp³-hybridized carbons (Fsp3) is 0.200. The molecule has 2 N–H and O–H groups in total. The van der Waals surface area contributed by atoms with E-state index in [1.807, 2.05) is 48.5 Å². The van der Waals surface area contributed by atoms with E-state index in [1.165, 1.54) is 0 Å². The molecule has 3 aromatic carbocycles. The molecule has 0 aromatic heterocycles. The number of aliphatic imine (C=N–C) groups is 1. The summed E-state index contributed by atoms with van der Waals surface area (Å²) in [6, 6.07) is 20.9. The monoisotopic (exact) mass is 416 g/mol. The SMILES string of the molecule is CC(C)CCNC(=O)c1ccc2c(c1)N=C(c1ccccc1O)c1ccccc1S2. The first-order valence-corrected chi connectivity index (χ1v) is 10.9. The number of rotatable bonds is 5. The van der Waals surface area contributed by atoms with Crippen molar-refractivity contribution in [2.45, 2.75) is 30.1 Å². The largest absolute Gasteiger partial charge is 0.507 e. The van der Waals surface area contributed by atoms with Crippen molar-refractivity contribution in [1.82, 2.24) is 5.32 Å². The molecule has 0 saturated carbocycles. The predicted octanol–water partition coefficient (Wildman–Crippen LogP) is 5.80. The van der Waals surface area contributed by atoms with Gasteiger partial charge in [0.05, 0.1) is 11.4 Å². The summed E-state index contributed by atoms with van der Waals surface area (Å²) in [5.41, 5.74) is 3.65. The van der Waals surface area contributed by atoms with E-state index in [4.69, 9.17) is 4.99 Å². The molecule has 0 saturated heterocycles. The number of para-hydroxylation sites is 1. The molecule has 1 heterocycles. The highest BCUT2D eigenvalue weighted by atomic mass is 32.2. The fourth-order valence-electron chi connectivity index (χ4n) is 3.34. The molecule has 30 heavy (non-hydrogen) atoms. The van der Waals surface area contributed by atoms with Crippen LogP contribution in [0.5, 0.6) is 5.75 Å². The van der Waals surface area contributed by atoms with Crippen molar-refractivity contribution in [2.75, 3.05) is 6.54 Å². The lowest BCUT2D eigenvalue weighted by atomic mass is 10.0. The van der Waals surface area contributed by atoms with Gasteiger partial charge >= 0.3 is 0 Å². The molecule has 5 heteroatoms. The summed E-state index contributed by atoms with van der Waals surface area (Å²) in [7, 11) is 0. The first kappa shape index (κ1) is 20.2. The van der Waals surface area contributed by atoms with Crippen molar-refractivity contribution in [3.8, 4) is 5.75 Å². The number of carbonyl (C=O) groups excluding carboxylic acids is 1. The van der Waals surface area contributed by atoms with E-state index < -0.39 is 0 Å². The Balaban J connectivity index is 1.76. The van der Waals surface area contributed by atoms with Gasteiger partial charge in [0.25, 0.3) is 5.91 Å². The van der Waals surface area contributed by atoms with Gasteiger partial charge in [-0.3, -0.25) is 4.79 Å². The van der Waals surface area contributed by atoms with Crippen molar-refractivity contribution in [1.29, 1.82) is 0 Å². The summed E-state index contributed by atoms with van der Waals surface area (Å²) in [5.74, 6) is 0.629. The maximum Gasteiger partial charge on any atom is 0.251 e. The Bertz CT molecular complexity index is 1120. The van der Waals surface area contributed by atoms with Crippen LogP contribution < -0.4 is 5.32 Å². The van der Waals surface area contributed by atoms with Crippen LogP contribution in [0.25, 0.3) is 0 Å². The zero-order valence-corrected chi connectivity index (χ0v) is 17.9. The van der Waals surface area contributed by atoms with E-state index in [-0.39, 0.29) is 11.7 Å². The third kappa shape index (κ3) is 4.26. The maximum absolute atomic E-state index is 12.6. The normalized spacial score (nSPS) is 12.6. The first-order valence-electron chi connectivity index (χ1n) is 10.1. The van der Waals surface area contributed by atoms with Gasteiger partial charge in [0.2, 0.25) is 0 Å². The smallest absolute Gasteiger partial charge is 0.251 e. The van der Waals surface area contributed by atoms with E-state index in [9.17, 15) is 9.90 Å². The molecule has 0 bridgehead atoms. The van der Waals surface area contributed by atoms with Crippen LogP contribution in [-0.4, -0.2) is 23.3 Å². The molecule has 3 aromatic rings. The number of hydrogen-bond donors (Lipinski definition) is 2. The number of carbonyl (C=O) groups is 1. The molecule has 0 atom stereocenters. The number of phenols is 1. The summed E-state index contributed by atoms with van der Waals surface area (Å²) in [5, 5.41) is 13.4. The van der Waals surface area contributed by atoms with Gasteiger partial charge in [-0.25, -0.2) is 4.99 Å². The number of aromatic hydroxyl groups is 1. The summed E-state index contributed by atoms with van der Waals surface area (Å²) in [6.45, 7) is 4.93. The fourth-order valence-corrected chi connectivity index (χ4v) is 4.34. The van der Waals surface area contributed by atoms with Crippen LogP contribution in [0, 0.1) is 5.92 Å². The Morgan fingerprint density at radius 2 is 1.73 bits per heavy atom. The van der Waals surface area contributed by atoms with Gasteiger partial charge in [-0.15, -0.1) is 0 Å². The molecule has 0 radical (unpaired) electrons. The molecule has 1 aliphatic heterocycles. The van der Waals surface area contributed by atoms with Crippen molar-refractivity contribution in [3.05, 3.63) is 83.4 Å². The lowest BCUT2D eigenvalue weighted by Crippen LogP contribution is -2.25. The van der Waals surface area contributed by atoms with Crippen LogP contribution in [0.15, 0.2) is 81.5 Å². The van der Waals surface area contributed by atoms with Gasteiger partial charge in [-0.1, -0.05) is 55.9 Å². The Morgan fingerprint density at radius 3 is 2.50 bits per heavy atom. The number of hydrogen-bond acceptors (Lipinski definition) is 4. The average molecular weight is 417 g/mol. The number of nitrogens with zero attached hydrogens (tertiary/aromatic N) is 1. The average Bonchev–Trinajstić information content (AvgIpc) is 2.90. The number of fused-ring (bicyclic) bond motifs is 2. The van der Waals surface area contributed by atoms with Gasteiger partial charge in [-0.05, 0) is 48.7 Å². The topological polar surface area (TPSA) is 61.7 Å². The zero-order valence-electron chi connectivity index (χ0n) is 17.1. The van der Waals surface area contributed by atoms with Crippen LogP contribution in [0.3, 0.4) is 0 Å². The summed E-state index contributed by atoms with van der Waals surface area (Å²) < 4.78 is 0. The van der Waals surface area contributed by atoms with Crippen LogP contribution in [-0.2, 0) is 0 Å². The number of benzene rings is 3. The highest BCUT2D eigenvalue weighted by Crippen LogP contribution is 2.42. The standard InChI is InChI=1S/C25H24N2O2S/c1-16(2)13-14-26-25(29)17-11-12-23-20(15-17)27-24(18-7-3-5-9-21(18)28)19-8-4-6-10-22(19)30-23/h3-12,15-16,28H,13-14H2,1-2H3,(H,26,29). The number of amides is 1. The van der Waals surface area contributed by atoms with Gasteiger partial charge in [-0.2, -0.15) is 0 Å². The van der Waals surface area contributed by atoms with E-state index >= 15 is 0 Å². The minimum atomic E-state index is -0.0930. The molecule has 0 spiro atoms. The third-order valence-corrected chi connectivity index (χ3v) is 6.12. The van der Waals surface area contributed by atoms with Crippen LogP contribution in [0.1, 0.15) is 41.8 Å². The Morgan fingerprint density at radius 1 is 1.00 bits per heavy atom. The quantitative estimate of drug-likeness (QED) is 0.432. The van der Waals surface area contributed by atoms with Crippen LogP contribution in [0.2, 0.25) is 0 Å². The van der Waals surface area contributed by atoms with E-state index in [1.54, 1.807) is 23.9 Å². The highest BCUT2D eigenvalue weighted by molar-refractivity contribution is 7.99. The Hall–Kier alpha value is -3.05. The third-order valence-electron chi connectivity index (χ3n) is 4.98. The zero-order chi connectivity index (χ0) is 21.1. The Labute approximate surface area is 181 Å². The summed E-state index contributed by atoms with van der Waals surface area (Å²) in [4.78, 5) is 19.6. The molecule has 4 nitrogen and oxygen atoms in total. The molecule has 152 valence electrons. The predicted molar refractivity (Wildman–Crippen MR) is 122 cm³/mol. The second-order valence-corrected chi connectivity index (χ2v) is 8.78. The van der Waals surface area contributed by atoms with Crippen molar-refractivity contribution >= 4 is 29.1 Å². The molecular weight excluding hydrogens is 392 g/mol. The second-order valence-electron chi connectivity index (χ2n) is 7.70. The number of phenolic OH excluding ortho intramolecular Hbond substituents is 1. The van der Waals surface area contributed by atoms with Gasteiger partial charge in [0.1, 0.15) is 5.75 Å². The minimum Gasteiger partial charge on any atom is -0.507 e. The minimum absolute atomic E-state index is 0.0930. The highest BCUT2D eigenvalue weighted by Gasteiger charge is 2.21.